The zero-order valence-electron chi connectivity index (χ0n) is 18.8. The third kappa shape index (κ3) is 4.54. The molecule has 1 unspecified atom stereocenters. The highest BCUT2D eigenvalue weighted by atomic mass is 32.2. The van der Waals surface area contributed by atoms with Gasteiger partial charge in [0.05, 0.1) is 21.3 Å². The van der Waals surface area contributed by atoms with Crippen LogP contribution in [0.25, 0.3) is 11.3 Å². The van der Waals surface area contributed by atoms with E-state index in [0.717, 1.165) is 0 Å². The molecule has 5 rings (SSSR count). The number of non-ortho nitro benzene ring substituents is 2. The highest BCUT2D eigenvalue weighted by Gasteiger charge is 2.37. The van der Waals surface area contributed by atoms with Crippen LogP contribution in [0.3, 0.4) is 0 Å². The molecule has 1 saturated heterocycles. The van der Waals surface area contributed by atoms with Crippen molar-refractivity contribution in [3.63, 3.8) is 0 Å². The molecule has 3 heterocycles. The van der Waals surface area contributed by atoms with E-state index >= 15 is 0 Å². The van der Waals surface area contributed by atoms with Crippen molar-refractivity contribution in [2.24, 2.45) is 0 Å². The van der Waals surface area contributed by atoms with Gasteiger partial charge < -0.3 is 0 Å². The van der Waals surface area contributed by atoms with Gasteiger partial charge in [-0.1, -0.05) is 0 Å². The second-order valence-corrected chi connectivity index (χ2v) is 8.99. The number of anilines is 1. The van der Waals surface area contributed by atoms with Gasteiger partial charge >= 0.3 is 0 Å². The topological polar surface area (TPSA) is 154 Å². The summed E-state index contributed by atoms with van der Waals surface area (Å²) in [7, 11) is 0. The Morgan fingerprint density at radius 2 is 1.51 bits per heavy atom. The molecule has 13 heteroatoms. The van der Waals surface area contributed by atoms with Crippen molar-refractivity contribution in [2.75, 3.05) is 10.7 Å². The molecule has 0 bridgehead atoms. The fourth-order valence-corrected chi connectivity index (χ4v) is 5.11. The van der Waals surface area contributed by atoms with Crippen LogP contribution in [0, 0.1) is 20.2 Å². The number of thioether (sulfide) groups is 1. The van der Waals surface area contributed by atoms with Crippen LogP contribution in [0.4, 0.5) is 17.1 Å². The molecular formula is C24H16N6O6S. The monoisotopic (exact) mass is 516 g/mol. The number of hydrogen-bond donors (Lipinski definition) is 0. The van der Waals surface area contributed by atoms with E-state index in [-0.39, 0.29) is 23.0 Å². The smallest absolute Gasteiger partial charge is 0.278 e. The Morgan fingerprint density at radius 1 is 0.919 bits per heavy atom. The average Bonchev–Trinajstić information content (AvgIpc) is 3.52. The molecule has 12 nitrogen and oxygen atoms in total. The Hall–Kier alpha value is -4.91. The average molecular weight is 516 g/mol. The van der Waals surface area contributed by atoms with Crippen molar-refractivity contribution in [2.45, 2.75) is 5.37 Å². The third-order valence-electron chi connectivity index (χ3n) is 5.70. The number of rotatable bonds is 6. The number of carbonyl (C=O) groups is 2. The Morgan fingerprint density at radius 3 is 2.11 bits per heavy atom. The Balaban J connectivity index is 1.61. The van der Waals surface area contributed by atoms with Crippen molar-refractivity contribution in [1.82, 2.24) is 14.8 Å². The van der Waals surface area contributed by atoms with E-state index < -0.39 is 21.1 Å². The van der Waals surface area contributed by atoms with Gasteiger partial charge in [0.15, 0.2) is 0 Å². The Labute approximate surface area is 212 Å². The predicted octanol–water partition coefficient (Wildman–Crippen LogP) is 4.23. The Bertz CT molecular complexity index is 1520. The molecule has 1 aliphatic heterocycles. The maximum absolute atomic E-state index is 13.2. The number of nitrogens with zero attached hydrogens (tertiary/aromatic N) is 6. The molecule has 0 N–H and O–H groups in total. The largest absolute Gasteiger partial charge is 0.295 e. The number of hydrogen-bond acceptors (Lipinski definition) is 9. The zero-order chi connectivity index (χ0) is 26.1. The molecule has 0 saturated carbocycles. The quantitative estimate of drug-likeness (QED) is 0.270. The fraction of sp³-hybridized carbons (Fsp3) is 0.0833. The van der Waals surface area contributed by atoms with Crippen LogP contribution in [-0.4, -0.2) is 42.2 Å². The molecule has 37 heavy (non-hydrogen) atoms. The number of benzene rings is 2. The van der Waals surface area contributed by atoms with Crippen LogP contribution in [0.2, 0.25) is 0 Å². The molecule has 2 aromatic carbocycles. The summed E-state index contributed by atoms with van der Waals surface area (Å²) in [6.45, 7) is 0. The lowest BCUT2D eigenvalue weighted by Crippen LogP contribution is -2.27. The van der Waals surface area contributed by atoms with Crippen molar-refractivity contribution in [3.8, 4) is 11.3 Å². The van der Waals surface area contributed by atoms with Crippen molar-refractivity contribution < 1.29 is 19.4 Å². The van der Waals surface area contributed by atoms with E-state index in [1.807, 2.05) is 0 Å². The maximum atomic E-state index is 13.2. The third-order valence-corrected chi connectivity index (χ3v) is 6.90. The van der Waals surface area contributed by atoms with Crippen molar-refractivity contribution in [1.29, 1.82) is 0 Å². The van der Waals surface area contributed by atoms with E-state index in [1.165, 1.54) is 88.5 Å². The fourth-order valence-electron chi connectivity index (χ4n) is 3.93. The normalized spacial score (nSPS) is 15.1. The van der Waals surface area contributed by atoms with Gasteiger partial charge in [-0.2, -0.15) is 5.10 Å². The molecule has 4 aromatic rings. The van der Waals surface area contributed by atoms with Crippen LogP contribution in [0.5, 0.6) is 0 Å². The lowest BCUT2D eigenvalue weighted by atomic mass is 10.1. The van der Waals surface area contributed by atoms with Crippen LogP contribution in [0.1, 0.15) is 21.3 Å². The summed E-state index contributed by atoms with van der Waals surface area (Å²) < 4.78 is 1.17. The minimum atomic E-state index is -0.599. The van der Waals surface area contributed by atoms with Crippen LogP contribution in [0.15, 0.2) is 79.3 Å². The van der Waals surface area contributed by atoms with Crippen molar-refractivity contribution >= 4 is 40.6 Å². The number of nitro groups is 2. The molecule has 0 aliphatic carbocycles. The highest BCUT2D eigenvalue weighted by Crippen LogP contribution is 2.45. The van der Waals surface area contributed by atoms with E-state index in [1.54, 1.807) is 12.1 Å². The number of aromatic nitrogens is 3. The van der Waals surface area contributed by atoms with Crippen molar-refractivity contribution in [3.05, 3.63) is 111 Å². The van der Waals surface area contributed by atoms with Crippen LogP contribution >= 0.6 is 11.8 Å². The molecule has 1 aliphatic rings. The first-order chi connectivity index (χ1) is 17.8. The molecular weight excluding hydrogens is 500 g/mol. The highest BCUT2D eigenvalue weighted by molar-refractivity contribution is 8.00. The van der Waals surface area contributed by atoms with Gasteiger partial charge in [0, 0.05) is 65.2 Å². The zero-order valence-corrected chi connectivity index (χ0v) is 19.6. The summed E-state index contributed by atoms with van der Waals surface area (Å²) >= 11 is 1.31. The predicted molar refractivity (Wildman–Crippen MR) is 134 cm³/mol. The second-order valence-electron chi connectivity index (χ2n) is 7.92. The minimum absolute atomic E-state index is 0.101. The molecule has 1 fully saturated rings. The summed E-state index contributed by atoms with van der Waals surface area (Å²) in [4.78, 5) is 52.6. The summed E-state index contributed by atoms with van der Waals surface area (Å²) in [5, 5.41) is 26.1. The number of amides is 1. The maximum Gasteiger partial charge on any atom is 0.278 e. The van der Waals surface area contributed by atoms with Gasteiger partial charge in [0.25, 0.3) is 17.3 Å². The van der Waals surface area contributed by atoms with Gasteiger partial charge in [-0.15, -0.1) is 11.8 Å². The van der Waals surface area contributed by atoms with E-state index in [0.29, 0.717) is 28.1 Å². The molecule has 0 spiro atoms. The van der Waals surface area contributed by atoms with Gasteiger partial charge in [-0.3, -0.25) is 39.7 Å². The first-order valence-electron chi connectivity index (χ1n) is 10.8. The number of nitro benzene ring substituents is 2. The van der Waals surface area contributed by atoms with Gasteiger partial charge in [0.1, 0.15) is 5.37 Å². The molecule has 1 amide bonds. The van der Waals surface area contributed by atoms with Crippen LogP contribution in [-0.2, 0) is 4.79 Å². The number of pyridine rings is 1. The molecule has 2 aromatic heterocycles. The van der Waals surface area contributed by atoms with E-state index in [4.69, 9.17) is 0 Å². The summed E-state index contributed by atoms with van der Waals surface area (Å²) in [6, 6.07) is 14.4. The Kier molecular flexibility index (Phi) is 6.19. The first kappa shape index (κ1) is 23.8. The minimum Gasteiger partial charge on any atom is -0.295 e. The van der Waals surface area contributed by atoms with Gasteiger partial charge in [0.2, 0.25) is 5.91 Å². The summed E-state index contributed by atoms with van der Waals surface area (Å²) in [5.41, 5.74) is 2.01. The van der Waals surface area contributed by atoms with Gasteiger partial charge in [-0.25, -0.2) is 4.68 Å². The molecule has 0 radical (unpaired) electrons. The summed E-state index contributed by atoms with van der Waals surface area (Å²) in [6.07, 6.45) is 4.50. The summed E-state index contributed by atoms with van der Waals surface area (Å²) in [5.74, 6) is -0.495. The van der Waals surface area contributed by atoms with Gasteiger partial charge in [-0.05, 0) is 36.4 Å². The lowest BCUT2D eigenvalue weighted by Gasteiger charge is -2.24. The SMILES string of the molecule is O=C1CSC(c2cn(C(=O)c3ccncc3)nc2-c2ccc([N+](=O)[O-])cc2)N1c1ccc([N+](=O)[O-])cc1. The molecule has 184 valence electrons. The first-order valence-corrected chi connectivity index (χ1v) is 11.9. The lowest BCUT2D eigenvalue weighted by molar-refractivity contribution is -0.385. The molecule has 1 atom stereocenters. The number of carbonyl (C=O) groups excluding carboxylic acids is 2. The van der Waals surface area contributed by atoms with Crippen LogP contribution < -0.4 is 4.90 Å². The standard InChI is InChI=1S/C24H16N6O6S/c31-21-14-37-24(28(21)17-5-7-19(8-6-17)30(35)36)20-13-27(23(32)16-9-11-25-12-10-16)26-22(20)15-1-3-18(4-2-15)29(33)34/h1-13,24H,14H2. The second kappa shape index (κ2) is 9.62. The van der Waals surface area contributed by atoms with E-state index in [2.05, 4.69) is 10.1 Å². The van der Waals surface area contributed by atoms with E-state index in [9.17, 15) is 29.8 Å².